The molecular formula is C15H17N5O. The van der Waals surface area contributed by atoms with E-state index in [1.807, 2.05) is 18.2 Å². The first-order valence-corrected chi connectivity index (χ1v) is 6.98. The number of hydrogen-bond acceptors (Lipinski definition) is 4. The minimum Gasteiger partial charge on any atom is -0.297 e. The molecule has 0 atom stereocenters. The first-order valence-electron chi connectivity index (χ1n) is 6.98. The smallest absolute Gasteiger partial charge is 0.261 e. The maximum absolute atomic E-state index is 12.3. The molecule has 0 aliphatic rings. The van der Waals surface area contributed by atoms with Crippen LogP contribution in [0.2, 0.25) is 0 Å². The number of hydrogen-bond donors (Lipinski definition) is 0. The second kappa shape index (κ2) is 5.47. The monoisotopic (exact) mass is 283 g/mol. The van der Waals surface area contributed by atoms with Gasteiger partial charge < -0.3 is 0 Å². The predicted octanol–water partition coefficient (Wildman–Crippen LogP) is 1.81. The van der Waals surface area contributed by atoms with Crippen molar-refractivity contribution >= 4 is 10.9 Å². The third-order valence-corrected chi connectivity index (χ3v) is 3.37. The summed E-state index contributed by atoms with van der Waals surface area (Å²) in [6.07, 6.45) is 3.29. The molecule has 0 aliphatic carbocycles. The van der Waals surface area contributed by atoms with Crippen molar-refractivity contribution in [3.05, 3.63) is 53.1 Å². The summed E-state index contributed by atoms with van der Waals surface area (Å²) in [4.78, 5) is 20.9. The molecule has 0 amide bonds. The zero-order valence-corrected chi connectivity index (χ0v) is 12.1. The van der Waals surface area contributed by atoms with Gasteiger partial charge in [-0.3, -0.25) is 14.0 Å². The summed E-state index contributed by atoms with van der Waals surface area (Å²) in [7, 11) is 0. The van der Waals surface area contributed by atoms with Crippen molar-refractivity contribution in [1.29, 1.82) is 0 Å². The Morgan fingerprint density at radius 2 is 1.90 bits per heavy atom. The van der Waals surface area contributed by atoms with Crippen LogP contribution < -0.4 is 5.56 Å². The van der Waals surface area contributed by atoms with Gasteiger partial charge in [-0.2, -0.15) is 5.10 Å². The molecule has 0 unspecified atom stereocenters. The van der Waals surface area contributed by atoms with Crippen LogP contribution in [0, 0.1) is 0 Å². The molecule has 0 fully saturated rings. The molecule has 108 valence electrons. The van der Waals surface area contributed by atoms with E-state index < -0.39 is 0 Å². The molecule has 0 saturated heterocycles. The summed E-state index contributed by atoms with van der Waals surface area (Å²) in [6, 6.07) is 7.37. The Hall–Kier alpha value is -2.50. The highest BCUT2D eigenvalue weighted by Crippen LogP contribution is 2.07. The lowest BCUT2D eigenvalue weighted by molar-refractivity contribution is 0.515. The second-order valence-electron chi connectivity index (χ2n) is 5.28. The molecule has 3 rings (SSSR count). The molecule has 21 heavy (non-hydrogen) atoms. The molecule has 0 spiro atoms. The third-order valence-electron chi connectivity index (χ3n) is 3.37. The van der Waals surface area contributed by atoms with Gasteiger partial charge in [0.2, 0.25) is 0 Å². The van der Waals surface area contributed by atoms with Crippen LogP contribution in [0.15, 0.2) is 41.7 Å². The maximum Gasteiger partial charge on any atom is 0.261 e. The van der Waals surface area contributed by atoms with Gasteiger partial charge in [0.15, 0.2) is 5.82 Å². The minimum atomic E-state index is -0.0233. The van der Waals surface area contributed by atoms with Crippen molar-refractivity contribution in [2.24, 2.45) is 0 Å². The normalized spacial score (nSPS) is 11.4. The zero-order valence-electron chi connectivity index (χ0n) is 12.1. The average Bonchev–Trinajstić information content (AvgIpc) is 2.96. The largest absolute Gasteiger partial charge is 0.297 e. The van der Waals surface area contributed by atoms with Crippen LogP contribution in [0.25, 0.3) is 10.9 Å². The van der Waals surface area contributed by atoms with Gasteiger partial charge in [0.05, 0.1) is 23.8 Å². The topological polar surface area (TPSA) is 65.6 Å². The number of aryl methyl sites for hydroxylation is 2. The number of benzene rings is 1. The fourth-order valence-electron chi connectivity index (χ4n) is 2.16. The molecule has 0 radical (unpaired) electrons. The first kappa shape index (κ1) is 13.5. The quantitative estimate of drug-likeness (QED) is 0.732. The van der Waals surface area contributed by atoms with Gasteiger partial charge in [-0.15, -0.1) is 0 Å². The third kappa shape index (κ3) is 2.69. The minimum absolute atomic E-state index is 0.0233. The summed E-state index contributed by atoms with van der Waals surface area (Å²) >= 11 is 0. The molecule has 0 saturated carbocycles. The summed E-state index contributed by atoms with van der Waals surface area (Å²) in [5.41, 5.74) is 0.700. The van der Waals surface area contributed by atoms with Gasteiger partial charge >= 0.3 is 0 Å². The van der Waals surface area contributed by atoms with Crippen LogP contribution in [0.1, 0.15) is 25.6 Å². The van der Waals surface area contributed by atoms with Gasteiger partial charge in [-0.1, -0.05) is 26.0 Å². The fourth-order valence-corrected chi connectivity index (χ4v) is 2.16. The van der Waals surface area contributed by atoms with E-state index in [0.29, 0.717) is 24.4 Å². The number of aromatic nitrogens is 5. The summed E-state index contributed by atoms with van der Waals surface area (Å²) in [5, 5.41) is 5.03. The maximum atomic E-state index is 12.3. The molecule has 2 heterocycles. The van der Waals surface area contributed by atoms with E-state index in [4.69, 9.17) is 0 Å². The number of rotatable bonds is 4. The van der Waals surface area contributed by atoms with Crippen LogP contribution in [-0.2, 0) is 13.1 Å². The van der Waals surface area contributed by atoms with Gasteiger partial charge in [0.25, 0.3) is 5.56 Å². The highest BCUT2D eigenvalue weighted by molar-refractivity contribution is 5.76. The molecule has 0 bridgehead atoms. The fraction of sp³-hybridized carbons (Fsp3) is 0.333. The van der Waals surface area contributed by atoms with E-state index in [9.17, 15) is 4.79 Å². The summed E-state index contributed by atoms with van der Waals surface area (Å²) in [5.74, 6) is 1.12. The van der Waals surface area contributed by atoms with Crippen LogP contribution in [0.5, 0.6) is 0 Å². The first-order chi connectivity index (χ1) is 10.1. The highest BCUT2D eigenvalue weighted by Gasteiger charge is 2.06. The molecule has 6 nitrogen and oxygen atoms in total. The number of para-hydroxylation sites is 1. The molecule has 0 aliphatic heterocycles. The van der Waals surface area contributed by atoms with Gasteiger partial charge in [-0.25, -0.2) is 9.97 Å². The molecular weight excluding hydrogens is 266 g/mol. The van der Waals surface area contributed by atoms with Crippen molar-refractivity contribution in [3.8, 4) is 0 Å². The number of fused-ring (bicyclic) bond motifs is 1. The average molecular weight is 283 g/mol. The van der Waals surface area contributed by atoms with E-state index in [1.54, 1.807) is 28.0 Å². The van der Waals surface area contributed by atoms with E-state index in [1.165, 1.54) is 0 Å². The van der Waals surface area contributed by atoms with Crippen molar-refractivity contribution < 1.29 is 0 Å². The Morgan fingerprint density at radius 3 is 2.67 bits per heavy atom. The lowest BCUT2D eigenvalue weighted by Crippen LogP contribution is -2.23. The van der Waals surface area contributed by atoms with Crippen LogP contribution in [-0.4, -0.2) is 24.3 Å². The SMILES string of the molecule is CC(C)c1ncn(CCn2cnc3ccccc3c2=O)n1. The van der Waals surface area contributed by atoms with Crippen molar-refractivity contribution in [3.63, 3.8) is 0 Å². The number of nitrogens with zero attached hydrogens (tertiary/aromatic N) is 5. The Morgan fingerprint density at radius 1 is 1.10 bits per heavy atom. The second-order valence-corrected chi connectivity index (χ2v) is 5.28. The van der Waals surface area contributed by atoms with E-state index in [-0.39, 0.29) is 5.56 Å². The Kier molecular flexibility index (Phi) is 3.51. The summed E-state index contributed by atoms with van der Waals surface area (Å²) in [6.45, 7) is 5.23. The standard InChI is InChI=1S/C15H17N5O/c1-11(2)14-17-10-20(18-14)8-7-19-9-16-13-6-4-3-5-12(13)15(19)21/h3-6,9-11H,7-8H2,1-2H3. The predicted molar refractivity (Wildman–Crippen MR) is 80.1 cm³/mol. The molecule has 6 heteroatoms. The lowest BCUT2D eigenvalue weighted by atomic mass is 10.2. The zero-order chi connectivity index (χ0) is 14.8. The highest BCUT2D eigenvalue weighted by atomic mass is 16.1. The van der Waals surface area contributed by atoms with Gasteiger partial charge in [0.1, 0.15) is 6.33 Å². The van der Waals surface area contributed by atoms with E-state index >= 15 is 0 Å². The van der Waals surface area contributed by atoms with Crippen molar-refractivity contribution in [1.82, 2.24) is 24.3 Å². The van der Waals surface area contributed by atoms with Gasteiger partial charge in [-0.05, 0) is 12.1 Å². The Labute approximate surface area is 122 Å². The summed E-state index contributed by atoms with van der Waals surface area (Å²) < 4.78 is 3.37. The van der Waals surface area contributed by atoms with Gasteiger partial charge in [0, 0.05) is 12.5 Å². The molecule has 2 aromatic heterocycles. The molecule has 0 N–H and O–H groups in total. The van der Waals surface area contributed by atoms with E-state index in [2.05, 4.69) is 28.9 Å². The van der Waals surface area contributed by atoms with Crippen molar-refractivity contribution in [2.75, 3.05) is 0 Å². The van der Waals surface area contributed by atoms with E-state index in [0.717, 1.165) is 11.3 Å². The van der Waals surface area contributed by atoms with Crippen molar-refractivity contribution in [2.45, 2.75) is 32.9 Å². The Bertz CT molecular complexity index is 818. The Balaban J connectivity index is 1.81. The molecule has 1 aromatic carbocycles. The molecule has 3 aromatic rings. The van der Waals surface area contributed by atoms with Crippen LogP contribution in [0.4, 0.5) is 0 Å². The van der Waals surface area contributed by atoms with Crippen LogP contribution in [0.3, 0.4) is 0 Å². The van der Waals surface area contributed by atoms with Crippen LogP contribution >= 0.6 is 0 Å². The lowest BCUT2D eigenvalue weighted by Gasteiger charge is -2.06.